The monoisotopic (exact) mass is 274 g/mol. The van der Waals surface area contributed by atoms with Crippen LogP contribution in [0.2, 0.25) is 0 Å². The molecule has 0 saturated heterocycles. The molecule has 3 aromatic rings. The summed E-state index contributed by atoms with van der Waals surface area (Å²) in [6, 6.07) is 12.9. The van der Waals surface area contributed by atoms with Gasteiger partial charge in [0.25, 0.3) is 0 Å². The van der Waals surface area contributed by atoms with Gasteiger partial charge in [-0.15, -0.1) is 11.3 Å². The highest BCUT2D eigenvalue weighted by Gasteiger charge is 2.12. The predicted octanol–water partition coefficient (Wildman–Crippen LogP) is 4.92. The Labute approximate surface area is 114 Å². The van der Waals surface area contributed by atoms with Crippen LogP contribution >= 0.6 is 22.7 Å². The summed E-state index contributed by atoms with van der Waals surface area (Å²) in [4.78, 5) is 5.99. The van der Waals surface area contributed by atoms with Crippen LogP contribution in [0.5, 0.6) is 0 Å². The summed E-state index contributed by atoms with van der Waals surface area (Å²) >= 11 is 3.52. The van der Waals surface area contributed by atoms with Crippen molar-refractivity contribution in [1.29, 1.82) is 0 Å². The smallest absolute Gasteiger partial charge is 0.184 e. The molecule has 4 heteroatoms. The van der Waals surface area contributed by atoms with E-state index in [1.54, 1.807) is 22.7 Å². The summed E-state index contributed by atoms with van der Waals surface area (Å²) in [5.41, 5.74) is 1.08. The van der Waals surface area contributed by atoms with Crippen molar-refractivity contribution >= 4 is 38.0 Å². The van der Waals surface area contributed by atoms with E-state index in [9.17, 15) is 0 Å². The fourth-order valence-electron chi connectivity index (χ4n) is 1.95. The van der Waals surface area contributed by atoms with Gasteiger partial charge in [-0.1, -0.05) is 36.5 Å². The van der Waals surface area contributed by atoms with E-state index in [2.05, 4.69) is 52.9 Å². The highest BCUT2D eigenvalue weighted by molar-refractivity contribution is 7.22. The Morgan fingerprint density at radius 2 is 2.11 bits per heavy atom. The first-order valence-corrected chi connectivity index (χ1v) is 7.72. The van der Waals surface area contributed by atoms with Crippen molar-refractivity contribution < 1.29 is 0 Å². The molecule has 1 atom stereocenters. The molecule has 2 aromatic heterocycles. The lowest BCUT2D eigenvalue weighted by molar-refractivity contribution is 0.763. The molecule has 0 aliphatic carbocycles. The van der Waals surface area contributed by atoms with Crippen molar-refractivity contribution in [1.82, 2.24) is 4.98 Å². The Morgan fingerprint density at radius 3 is 2.83 bits per heavy atom. The fraction of sp³-hybridized carbons (Fsp3) is 0.214. The molecule has 0 amide bonds. The second-order valence-corrected chi connectivity index (χ2v) is 6.12. The molecule has 0 bridgehead atoms. The van der Waals surface area contributed by atoms with E-state index >= 15 is 0 Å². The molecular weight excluding hydrogens is 260 g/mol. The maximum Gasteiger partial charge on any atom is 0.184 e. The Hall–Kier alpha value is -1.39. The topological polar surface area (TPSA) is 24.9 Å². The SMILES string of the molecule is CCC(Nc1nc2ccccc2s1)c1cccs1. The van der Waals surface area contributed by atoms with Gasteiger partial charge in [0.1, 0.15) is 0 Å². The fourth-order valence-corrected chi connectivity index (χ4v) is 3.73. The lowest BCUT2D eigenvalue weighted by Crippen LogP contribution is -2.07. The van der Waals surface area contributed by atoms with E-state index < -0.39 is 0 Å². The van der Waals surface area contributed by atoms with E-state index in [0.29, 0.717) is 6.04 Å². The Morgan fingerprint density at radius 1 is 1.22 bits per heavy atom. The summed E-state index contributed by atoms with van der Waals surface area (Å²) in [5.74, 6) is 0. The van der Waals surface area contributed by atoms with Crippen LogP contribution in [-0.2, 0) is 0 Å². The van der Waals surface area contributed by atoms with E-state index in [4.69, 9.17) is 0 Å². The second-order valence-electron chi connectivity index (χ2n) is 4.11. The van der Waals surface area contributed by atoms with Crippen molar-refractivity contribution in [2.24, 2.45) is 0 Å². The molecule has 2 nitrogen and oxygen atoms in total. The van der Waals surface area contributed by atoms with Gasteiger partial charge in [-0.2, -0.15) is 0 Å². The number of hydrogen-bond acceptors (Lipinski definition) is 4. The van der Waals surface area contributed by atoms with Gasteiger partial charge in [0.2, 0.25) is 0 Å². The van der Waals surface area contributed by atoms with E-state index in [1.165, 1.54) is 9.58 Å². The number of benzene rings is 1. The first-order chi connectivity index (χ1) is 8.86. The summed E-state index contributed by atoms with van der Waals surface area (Å²) < 4.78 is 1.24. The van der Waals surface area contributed by atoms with Gasteiger partial charge in [0.15, 0.2) is 5.13 Å². The Bertz CT molecular complexity index is 595. The first-order valence-electron chi connectivity index (χ1n) is 6.02. The molecule has 0 fully saturated rings. The number of nitrogens with zero attached hydrogens (tertiary/aromatic N) is 1. The average molecular weight is 274 g/mol. The molecule has 2 heterocycles. The van der Waals surface area contributed by atoms with Crippen LogP contribution in [0.4, 0.5) is 5.13 Å². The molecule has 1 unspecified atom stereocenters. The molecule has 0 aliphatic rings. The number of anilines is 1. The molecular formula is C14H14N2S2. The van der Waals surface area contributed by atoms with Crippen molar-refractivity contribution in [3.8, 4) is 0 Å². The van der Waals surface area contributed by atoms with Gasteiger partial charge in [0.05, 0.1) is 16.3 Å². The molecule has 3 rings (SSSR count). The number of rotatable bonds is 4. The Kier molecular flexibility index (Phi) is 3.30. The predicted molar refractivity (Wildman–Crippen MR) is 80.6 cm³/mol. The lowest BCUT2D eigenvalue weighted by Gasteiger charge is -2.13. The maximum absolute atomic E-state index is 4.62. The number of para-hydroxylation sites is 1. The third kappa shape index (κ3) is 2.26. The van der Waals surface area contributed by atoms with Crippen molar-refractivity contribution in [2.45, 2.75) is 19.4 Å². The van der Waals surface area contributed by atoms with Crippen LogP contribution in [0.25, 0.3) is 10.2 Å². The zero-order valence-electron chi connectivity index (χ0n) is 10.1. The van der Waals surface area contributed by atoms with Gasteiger partial charge in [-0.05, 0) is 30.0 Å². The third-order valence-electron chi connectivity index (χ3n) is 2.89. The van der Waals surface area contributed by atoms with Gasteiger partial charge < -0.3 is 5.32 Å². The molecule has 0 radical (unpaired) electrons. The highest BCUT2D eigenvalue weighted by Crippen LogP contribution is 2.31. The molecule has 0 spiro atoms. The van der Waals surface area contributed by atoms with Crippen LogP contribution in [0.1, 0.15) is 24.3 Å². The first kappa shape index (κ1) is 11.7. The largest absolute Gasteiger partial charge is 0.354 e. The summed E-state index contributed by atoms with van der Waals surface area (Å²) in [5, 5.41) is 6.67. The molecule has 92 valence electrons. The number of fused-ring (bicyclic) bond motifs is 1. The molecule has 18 heavy (non-hydrogen) atoms. The van der Waals surface area contributed by atoms with Crippen molar-refractivity contribution in [3.63, 3.8) is 0 Å². The highest BCUT2D eigenvalue weighted by atomic mass is 32.1. The second kappa shape index (κ2) is 5.08. The standard InChI is InChI=1S/C14H14N2S2/c1-2-10(12-8-5-9-17-12)15-14-16-11-6-3-4-7-13(11)18-14/h3-10H,2H2,1H3,(H,15,16). The zero-order valence-corrected chi connectivity index (χ0v) is 11.7. The number of thiazole rings is 1. The summed E-state index contributed by atoms with van der Waals surface area (Å²) in [6.07, 6.45) is 1.07. The number of hydrogen-bond donors (Lipinski definition) is 1. The lowest BCUT2D eigenvalue weighted by atomic mass is 10.2. The van der Waals surface area contributed by atoms with Crippen LogP contribution in [0, 0.1) is 0 Å². The molecule has 0 aliphatic heterocycles. The van der Waals surface area contributed by atoms with Crippen LogP contribution < -0.4 is 5.32 Å². The van der Waals surface area contributed by atoms with Crippen molar-refractivity contribution in [3.05, 3.63) is 46.7 Å². The third-order valence-corrected chi connectivity index (χ3v) is 4.84. The number of thiophene rings is 1. The van der Waals surface area contributed by atoms with Crippen LogP contribution in [0.15, 0.2) is 41.8 Å². The summed E-state index contributed by atoms with van der Waals surface area (Å²) in [7, 11) is 0. The maximum atomic E-state index is 4.62. The normalized spacial score (nSPS) is 12.7. The molecule has 1 N–H and O–H groups in total. The minimum absolute atomic E-state index is 0.366. The number of aromatic nitrogens is 1. The molecule has 0 saturated carbocycles. The molecule has 1 aromatic carbocycles. The minimum Gasteiger partial charge on any atom is -0.354 e. The van der Waals surface area contributed by atoms with Gasteiger partial charge in [0, 0.05) is 4.88 Å². The average Bonchev–Trinajstić information content (AvgIpc) is 3.04. The van der Waals surface area contributed by atoms with E-state index in [0.717, 1.165) is 17.1 Å². The van der Waals surface area contributed by atoms with E-state index in [1.807, 2.05) is 6.07 Å². The van der Waals surface area contributed by atoms with E-state index in [-0.39, 0.29) is 0 Å². The quantitative estimate of drug-likeness (QED) is 0.730. The van der Waals surface area contributed by atoms with Gasteiger partial charge in [-0.3, -0.25) is 0 Å². The van der Waals surface area contributed by atoms with Crippen molar-refractivity contribution in [2.75, 3.05) is 5.32 Å². The van der Waals surface area contributed by atoms with Gasteiger partial charge >= 0.3 is 0 Å². The Balaban J connectivity index is 1.86. The van der Waals surface area contributed by atoms with Crippen LogP contribution in [0.3, 0.4) is 0 Å². The van der Waals surface area contributed by atoms with Crippen LogP contribution in [-0.4, -0.2) is 4.98 Å². The van der Waals surface area contributed by atoms with Gasteiger partial charge in [-0.25, -0.2) is 4.98 Å². The number of nitrogens with one attached hydrogen (secondary N) is 1. The zero-order chi connectivity index (χ0) is 12.4. The summed E-state index contributed by atoms with van der Waals surface area (Å²) in [6.45, 7) is 2.20. The minimum atomic E-state index is 0.366.